The summed E-state index contributed by atoms with van der Waals surface area (Å²) in [5.41, 5.74) is 22.9. The topological polar surface area (TPSA) is 37.7 Å². The fourth-order valence-electron chi connectivity index (χ4n) is 11.9. The zero-order chi connectivity index (χ0) is 49.1. The van der Waals surface area contributed by atoms with Crippen LogP contribution < -0.4 is 26.4 Å². The lowest BCUT2D eigenvalue weighted by Crippen LogP contribution is -2.61. The first kappa shape index (κ1) is 43.4. The third-order valence-electron chi connectivity index (χ3n) is 16.0. The highest BCUT2D eigenvalue weighted by molar-refractivity contribution is 7.00. The highest BCUT2D eigenvalue weighted by Crippen LogP contribution is 2.56. The fraction of sp³-hybridized carbons (Fsp3) is 0.312. The molecular weight excluding hydrogens is 854 g/mol. The Balaban J connectivity index is 1.22. The van der Waals surface area contributed by atoms with Crippen molar-refractivity contribution in [3.63, 3.8) is 0 Å². The first-order valence-corrected chi connectivity index (χ1v) is 25.5. The van der Waals surface area contributed by atoms with Crippen molar-refractivity contribution in [2.75, 3.05) is 9.80 Å². The Labute approximate surface area is 413 Å². The monoisotopic (exact) mass is 918 g/mol. The van der Waals surface area contributed by atoms with Gasteiger partial charge in [-0.25, -0.2) is 0 Å². The summed E-state index contributed by atoms with van der Waals surface area (Å²) in [6.07, 6.45) is 0. The van der Waals surface area contributed by atoms with Crippen LogP contribution in [0.3, 0.4) is 0 Å². The van der Waals surface area contributed by atoms with Gasteiger partial charge in [-0.1, -0.05) is 140 Å². The van der Waals surface area contributed by atoms with E-state index in [0.29, 0.717) is 0 Å². The molecule has 0 radical (unpaired) electrons. The Bertz CT molecular complexity index is 3930. The van der Waals surface area contributed by atoms with E-state index in [0.717, 1.165) is 49.9 Å². The van der Waals surface area contributed by atoms with E-state index >= 15 is 0 Å². The highest BCUT2D eigenvalue weighted by atomic mass is 16.3. The number of rotatable bonds is 1. The third-order valence-corrected chi connectivity index (χ3v) is 16.0. The normalized spacial score (nSPS) is 14.7. The molecule has 0 aliphatic carbocycles. The number of fused-ring (bicyclic) bond motifs is 14. The van der Waals surface area contributed by atoms with Crippen LogP contribution in [-0.4, -0.2) is 11.3 Å². The molecule has 70 heavy (non-hydrogen) atoms. The van der Waals surface area contributed by atoms with Gasteiger partial charge < -0.3 is 23.2 Å². The SMILES string of the molecule is CC(C)(C)c1cc2c3c(c1)N1c4c(cc(C(C)(C)C)cc4-n4c5ccc(C(C)(C)C)cc5c5cc(C(C)(C)C)cc1c54)B3c1oc3ccc(C(C)(C)C)cc3c1N2c1ccc2c(c1)oc1ccccc12. The van der Waals surface area contributed by atoms with Crippen molar-refractivity contribution >= 4 is 112 Å². The smallest absolute Gasteiger partial charge is 0.297 e. The van der Waals surface area contributed by atoms with E-state index in [1.54, 1.807) is 0 Å². The van der Waals surface area contributed by atoms with E-state index in [2.05, 4.69) is 233 Å². The molecule has 3 aromatic heterocycles. The van der Waals surface area contributed by atoms with Gasteiger partial charge in [0.15, 0.2) is 0 Å². The standard InChI is InChI=1S/C64H64BN3O2/c1-60(2,3)35-20-24-47-43(26-35)44-28-37(62(7,8)9)32-50-56(44)67(47)51-33-38(63(10,11)12)29-46-58(51)68(50)49-31-39(64(13,14)15)30-48-55(49)65(46)59-57(45-27-36(61(4,5)6)21-25-53(45)70-59)66(48)40-22-23-42-41-18-16-17-19-52(41)69-54(42)34-40/h16-34H,1-15H3. The zero-order valence-electron chi connectivity index (χ0n) is 43.7. The van der Waals surface area contributed by atoms with Crippen molar-refractivity contribution in [3.8, 4) is 5.69 Å². The highest BCUT2D eigenvalue weighted by Gasteiger charge is 2.50. The second kappa shape index (κ2) is 13.6. The predicted molar refractivity (Wildman–Crippen MR) is 299 cm³/mol. The van der Waals surface area contributed by atoms with Crippen LogP contribution in [0.4, 0.5) is 34.1 Å². The largest absolute Gasteiger partial charge is 0.468 e. The van der Waals surface area contributed by atoms with E-state index < -0.39 is 0 Å². The predicted octanol–water partition coefficient (Wildman–Crippen LogP) is 16.3. The molecule has 0 amide bonds. The number of furan rings is 2. The first-order valence-electron chi connectivity index (χ1n) is 25.5. The number of aromatic nitrogens is 1. The molecule has 0 saturated heterocycles. The Morgan fingerprint density at radius 1 is 0.386 bits per heavy atom. The van der Waals surface area contributed by atoms with Crippen LogP contribution in [0, 0.1) is 0 Å². The molecule has 13 rings (SSSR count). The van der Waals surface area contributed by atoms with Crippen molar-refractivity contribution in [2.24, 2.45) is 0 Å². The van der Waals surface area contributed by atoms with E-state index in [4.69, 9.17) is 8.83 Å². The van der Waals surface area contributed by atoms with Gasteiger partial charge in [-0.3, -0.25) is 0 Å². The van der Waals surface area contributed by atoms with Crippen LogP contribution in [0.2, 0.25) is 0 Å². The van der Waals surface area contributed by atoms with Gasteiger partial charge in [0, 0.05) is 50.1 Å². The lowest BCUT2D eigenvalue weighted by atomic mass is 9.35. The van der Waals surface area contributed by atoms with Gasteiger partial charge in [0.1, 0.15) is 16.7 Å². The Morgan fingerprint density at radius 2 is 0.929 bits per heavy atom. The molecule has 0 spiro atoms. The Kier molecular flexibility index (Phi) is 8.43. The zero-order valence-corrected chi connectivity index (χ0v) is 43.7. The minimum atomic E-state index is -0.199. The summed E-state index contributed by atoms with van der Waals surface area (Å²) >= 11 is 0. The molecule has 6 heteroatoms. The lowest BCUT2D eigenvalue weighted by Gasteiger charge is -2.46. The summed E-state index contributed by atoms with van der Waals surface area (Å²) in [6.45, 7) is 34.9. The van der Waals surface area contributed by atoms with Gasteiger partial charge in [-0.05, 0) is 139 Å². The summed E-state index contributed by atoms with van der Waals surface area (Å²) in [5.74, 6) is 0. The molecule has 3 aliphatic heterocycles. The van der Waals surface area contributed by atoms with Crippen molar-refractivity contribution in [1.29, 1.82) is 0 Å². The summed E-state index contributed by atoms with van der Waals surface area (Å²) in [7, 11) is 0. The van der Waals surface area contributed by atoms with Gasteiger partial charge in [0.2, 0.25) is 0 Å². The number of nitrogens with zero attached hydrogens (tertiary/aromatic N) is 3. The maximum absolute atomic E-state index is 7.50. The van der Waals surface area contributed by atoms with E-state index in [-0.39, 0.29) is 33.8 Å². The van der Waals surface area contributed by atoms with Crippen molar-refractivity contribution in [3.05, 3.63) is 143 Å². The van der Waals surface area contributed by atoms with Crippen LogP contribution in [0.1, 0.15) is 132 Å². The average molecular weight is 918 g/mol. The molecule has 0 fully saturated rings. The molecule has 350 valence electrons. The average Bonchev–Trinajstić information content (AvgIpc) is 3.96. The van der Waals surface area contributed by atoms with E-state index in [9.17, 15) is 0 Å². The van der Waals surface area contributed by atoms with Crippen LogP contribution in [0.5, 0.6) is 0 Å². The van der Waals surface area contributed by atoms with Gasteiger partial charge in [0.25, 0.3) is 6.71 Å². The molecule has 0 bridgehead atoms. The van der Waals surface area contributed by atoms with Gasteiger partial charge in [-0.2, -0.15) is 0 Å². The Morgan fingerprint density at radius 3 is 1.61 bits per heavy atom. The van der Waals surface area contributed by atoms with E-state index in [1.165, 1.54) is 89.0 Å². The second-order valence-corrected chi connectivity index (χ2v) is 26.0. The van der Waals surface area contributed by atoms with Crippen LogP contribution in [0.25, 0.3) is 60.4 Å². The lowest BCUT2D eigenvalue weighted by molar-refractivity contribution is 0.589. The molecule has 6 heterocycles. The maximum atomic E-state index is 7.50. The van der Waals surface area contributed by atoms with Crippen LogP contribution in [0.15, 0.2) is 124 Å². The van der Waals surface area contributed by atoms with Crippen LogP contribution in [-0.2, 0) is 27.1 Å². The van der Waals surface area contributed by atoms with Crippen molar-refractivity contribution in [1.82, 2.24) is 4.57 Å². The van der Waals surface area contributed by atoms with Gasteiger partial charge in [0.05, 0.1) is 39.4 Å². The van der Waals surface area contributed by atoms with Crippen molar-refractivity contribution < 1.29 is 8.83 Å². The number of benzene rings is 7. The molecule has 3 aliphatic rings. The molecule has 0 saturated carbocycles. The molecule has 0 atom stereocenters. The summed E-state index contributed by atoms with van der Waals surface area (Å²) < 4.78 is 16.8. The van der Waals surface area contributed by atoms with Crippen LogP contribution >= 0.6 is 0 Å². The number of para-hydroxylation sites is 1. The van der Waals surface area contributed by atoms with E-state index in [1.807, 2.05) is 0 Å². The fourth-order valence-corrected chi connectivity index (χ4v) is 11.9. The minimum absolute atomic E-state index is 0.00733. The summed E-state index contributed by atoms with van der Waals surface area (Å²) in [4.78, 5) is 5.20. The number of hydrogen-bond acceptors (Lipinski definition) is 4. The molecule has 5 nitrogen and oxygen atoms in total. The van der Waals surface area contributed by atoms with Gasteiger partial charge >= 0.3 is 0 Å². The number of anilines is 6. The quantitative estimate of drug-likeness (QED) is 0.154. The second-order valence-electron chi connectivity index (χ2n) is 26.0. The molecular formula is C64H64BN3O2. The molecule has 0 N–H and O–H groups in total. The summed E-state index contributed by atoms with van der Waals surface area (Å²) in [5, 5.41) is 5.97. The molecule has 0 unspecified atom stereocenters. The maximum Gasteiger partial charge on any atom is 0.297 e. The first-order chi connectivity index (χ1) is 32.9. The number of hydrogen-bond donors (Lipinski definition) is 0. The summed E-state index contributed by atoms with van der Waals surface area (Å²) in [6, 6.07) is 44.4. The minimum Gasteiger partial charge on any atom is -0.468 e. The molecule has 7 aromatic carbocycles. The third kappa shape index (κ3) is 5.98. The molecule has 10 aromatic rings. The van der Waals surface area contributed by atoms with Crippen molar-refractivity contribution in [2.45, 2.75) is 131 Å². The van der Waals surface area contributed by atoms with Gasteiger partial charge in [-0.15, -0.1) is 0 Å². The Hall–Kier alpha value is -6.66.